The van der Waals surface area contributed by atoms with Gasteiger partial charge in [-0.3, -0.25) is 9.20 Å². The summed E-state index contributed by atoms with van der Waals surface area (Å²) < 4.78 is 1.84. The SMILES string of the molecule is CC(C)C(C)Sc1nc2ccccn2c1C=O. The van der Waals surface area contributed by atoms with Crippen molar-refractivity contribution in [2.75, 3.05) is 0 Å². The van der Waals surface area contributed by atoms with Crippen LogP contribution in [-0.2, 0) is 0 Å². The number of hydrogen-bond acceptors (Lipinski definition) is 3. The van der Waals surface area contributed by atoms with Gasteiger partial charge in [0.15, 0.2) is 6.29 Å². The summed E-state index contributed by atoms with van der Waals surface area (Å²) in [6, 6.07) is 5.75. The van der Waals surface area contributed by atoms with Crippen LogP contribution in [0.3, 0.4) is 0 Å². The molecule has 0 bridgehead atoms. The highest BCUT2D eigenvalue weighted by atomic mass is 32.2. The van der Waals surface area contributed by atoms with Gasteiger partial charge in [0.2, 0.25) is 0 Å². The van der Waals surface area contributed by atoms with E-state index in [1.165, 1.54) is 0 Å². The molecule has 0 amide bonds. The van der Waals surface area contributed by atoms with Gasteiger partial charge in [-0.2, -0.15) is 0 Å². The molecule has 1 unspecified atom stereocenters. The average molecular weight is 248 g/mol. The average Bonchev–Trinajstić information content (AvgIpc) is 2.65. The lowest BCUT2D eigenvalue weighted by Gasteiger charge is -2.13. The number of thioether (sulfide) groups is 1. The summed E-state index contributed by atoms with van der Waals surface area (Å²) in [7, 11) is 0. The number of aromatic nitrogens is 2. The van der Waals surface area contributed by atoms with E-state index in [4.69, 9.17) is 0 Å². The van der Waals surface area contributed by atoms with E-state index in [9.17, 15) is 4.79 Å². The van der Waals surface area contributed by atoms with Crippen molar-refractivity contribution in [2.45, 2.75) is 31.0 Å². The zero-order valence-electron chi connectivity index (χ0n) is 10.3. The van der Waals surface area contributed by atoms with E-state index in [0.717, 1.165) is 17.0 Å². The van der Waals surface area contributed by atoms with Gasteiger partial charge in [0.05, 0.1) is 0 Å². The molecule has 0 saturated heterocycles. The fraction of sp³-hybridized carbons (Fsp3) is 0.385. The predicted molar refractivity (Wildman–Crippen MR) is 70.7 cm³/mol. The van der Waals surface area contributed by atoms with Crippen LogP contribution in [0.2, 0.25) is 0 Å². The first-order valence-electron chi connectivity index (χ1n) is 5.72. The third-order valence-electron chi connectivity index (χ3n) is 2.88. The highest BCUT2D eigenvalue weighted by Gasteiger charge is 2.16. The number of carbonyl (C=O) groups is 1. The van der Waals surface area contributed by atoms with Gasteiger partial charge in [-0.25, -0.2) is 4.98 Å². The molecule has 0 aliphatic heterocycles. The molecule has 2 aromatic rings. The Bertz CT molecular complexity index is 533. The van der Waals surface area contributed by atoms with Gasteiger partial charge in [-0.1, -0.05) is 26.8 Å². The smallest absolute Gasteiger partial charge is 0.169 e. The molecule has 1 atom stereocenters. The minimum atomic E-state index is 0.443. The maximum absolute atomic E-state index is 11.2. The largest absolute Gasteiger partial charge is 0.296 e. The molecule has 0 N–H and O–H groups in total. The minimum Gasteiger partial charge on any atom is -0.296 e. The van der Waals surface area contributed by atoms with Crippen molar-refractivity contribution in [1.82, 2.24) is 9.38 Å². The highest BCUT2D eigenvalue weighted by molar-refractivity contribution is 7.99. The number of nitrogens with zero attached hydrogens (tertiary/aromatic N) is 2. The van der Waals surface area contributed by atoms with Gasteiger partial charge < -0.3 is 0 Å². The summed E-state index contributed by atoms with van der Waals surface area (Å²) in [6.45, 7) is 6.51. The van der Waals surface area contributed by atoms with Gasteiger partial charge in [0.1, 0.15) is 16.4 Å². The number of fused-ring (bicyclic) bond motifs is 1. The monoisotopic (exact) mass is 248 g/mol. The normalized spacial score (nSPS) is 13.2. The lowest BCUT2D eigenvalue weighted by atomic mass is 10.2. The van der Waals surface area contributed by atoms with Crippen molar-refractivity contribution in [3.05, 3.63) is 30.1 Å². The summed E-state index contributed by atoms with van der Waals surface area (Å²) in [5.74, 6) is 0.560. The van der Waals surface area contributed by atoms with Crippen LogP contribution < -0.4 is 0 Å². The second kappa shape index (κ2) is 4.92. The lowest BCUT2D eigenvalue weighted by molar-refractivity contribution is 0.111. The van der Waals surface area contributed by atoms with Crippen LogP contribution in [-0.4, -0.2) is 20.9 Å². The van der Waals surface area contributed by atoms with Crippen molar-refractivity contribution in [1.29, 1.82) is 0 Å². The van der Waals surface area contributed by atoms with Gasteiger partial charge in [-0.05, 0) is 18.1 Å². The summed E-state index contributed by atoms with van der Waals surface area (Å²) in [6.07, 6.45) is 2.76. The Morgan fingerprint density at radius 3 is 2.76 bits per heavy atom. The van der Waals surface area contributed by atoms with Crippen molar-refractivity contribution >= 4 is 23.7 Å². The Morgan fingerprint density at radius 2 is 2.12 bits per heavy atom. The number of rotatable bonds is 4. The molecular formula is C13H16N2OS. The quantitative estimate of drug-likeness (QED) is 0.615. The molecule has 90 valence electrons. The van der Waals surface area contributed by atoms with Crippen LogP contribution in [0.15, 0.2) is 29.4 Å². The van der Waals surface area contributed by atoms with Gasteiger partial charge in [0, 0.05) is 11.4 Å². The molecule has 2 heterocycles. The molecule has 0 fully saturated rings. The number of aldehydes is 1. The maximum Gasteiger partial charge on any atom is 0.169 e. The van der Waals surface area contributed by atoms with Gasteiger partial charge in [0.25, 0.3) is 0 Å². The molecule has 0 aromatic carbocycles. The summed E-state index contributed by atoms with van der Waals surface area (Å²) in [5.41, 5.74) is 1.48. The molecule has 17 heavy (non-hydrogen) atoms. The Labute approximate surface area is 105 Å². The fourth-order valence-electron chi connectivity index (χ4n) is 1.50. The van der Waals surface area contributed by atoms with E-state index in [1.807, 2.05) is 28.8 Å². The Morgan fingerprint density at radius 1 is 1.35 bits per heavy atom. The lowest BCUT2D eigenvalue weighted by Crippen LogP contribution is -2.06. The molecule has 0 aliphatic carbocycles. The molecule has 4 heteroatoms. The molecule has 3 nitrogen and oxygen atoms in total. The van der Waals surface area contributed by atoms with Crippen LogP contribution >= 0.6 is 11.8 Å². The number of imidazole rings is 1. The molecule has 0 radical (unpaired) electrons. The number of pyridine rings is 1. The molecule has 2 aromatic heterocycles. The Hall–Kier alpha value is -1.29. The van der Waals surface area contributed by atoms with Crippen molar-refractivity contribution < 1.29 is 4.79 Å². The van der Waals surface area contributed by atoms with Gasteiger partial charge in [-0.15, -0.1) is 11.8 Å². The molecule has 0 spiro atoms. The summed E-state index contributed by atoms with van der Waals surface area (Å²) in [5, 5.41) is 1.27. The van der Waals surface area contributed by atoms with Crippen molar-refractivity contribution in [3.8, 4) is 0 Å². The van der Waals surface area contributed by atoms with E-state index >= 15 is 0 Å². The first-order chi connectivity index (χ1) is 8.13. The van der Waals surface area contributed by atoms with E-state index in [0.29, 0.717) is 16.9 Å². The molecule has 0 saturated carbocycles. The first kappa shape index (κ1) is 12.2. The van der Waals surface area contributed by atoms with Gasteiger partial charge >= 0.3 is 0 Å². The van der Waals surface area contributed by atoms with E-state index < -0.39 is 0 Å². The zero-order valence-corrected chi connectivity index (χ0v) is 11.1. The number of hydrogen-bond donors (Lipinski definition) is 0. The predicted octanol–water partition coefficient (Wildman–Crippen LogP) is 3.28. The highest BCUT2D eigenvalue weighted by Crippen LogP contribution is 2.29. The van der Waals surface area contributed by atoms with Crippen LogP contribution in [0.4, 0.5) is 0 Å². The minimum absolute atomic E-state index is 0.443. The third kappa shape index (κ3) is 2.36. The first-order valence-corrected chi connectivity index (χ1v) is 6.60. The topological polar surface area (TPSA) is 34.4 Å². The summed E-state index contributed by atoms with van der Waals surface area (Å²) in [4.78, 5) is 15.7. The summed E-state index contributed by atoms with van der Waals surface area (Å²) >= 11 is 1.67. The van der Waals surface area contributed by atoms with Crippen molar-refractivity contribution in [2.24, 2.45) is 5.92 Å². The molecule has 0 aliphatic rings. The van der Waals surface area contributed by atoms with Crippen LogP contribution in [0.25, 0.3) is 5.65 Å². The molecular weight excluding hydrogens is 232 g/mol. The number of carbonyl (C=O) groups excluding carboxylic acids is 1. The standard InChI is InChI=1S/C13H16N2OS/c1-9(2)10(3)17-13-11(8-16)15-7-5-4-6-12(15)14-13/h4-10H,1-3H3. The fourth-order valence-corrected chi connectivity index (χ4v) is 2.54. The van der Waals surface area contributed by atoms with E-state index in [1.54, 1.807) is 11.8 Å². The third-order valence-corrected chi connectivity index (χ3v) is 4.32. The second-order valence-corrected chi connectivity index (χ2v) is 5.78. The van der Waals surface area contributed by atoms with Crippen molar-refractivity contribution in [3.63, 3.8) is 0 Å². The molecule has 2 rings (SSSR count). The van der Waals surface area contributed by atoms with E-state index in [2.05, 4.69) is 25.8 Å². The van der Waals surface area contributed by atoms with E-state index in [-0.39, 0.29) is 0 Å². The Balaban J connectivity index is 2.43. The van der Waals surface area contributed by atoms with Crippen LogP contribution in [0.1, 0.15) is 31.3 Å². The van der Waals surface area contributed by atoms with Crippen LogP contribution in [0.5, 0.6) is 0 Å². The zero-order chi connectivity index (χ0) is 12.4. The Kier molecular flexibility index (Phi) is 3.52. The maximum atomic E-state index is 11.2. The second-order valence-electron chi connectivity index (χ2n) is 4.42. The van der Waals surface area contributed by atoms with Crippen LogP contribution in [0, 0.1) is 5.92 Å².